The molecular weight excluding hydrogens is 444 g/mol. The van der Waals surface area contributed by atoms with E-state index in [0.29, 0.717) is 36.4 Å². The van der Waals surface area contributed by atoms with Crippen LogP contribution in [-0.2, 0) is 13.1 Å². The summed E-state index contributed by atoms with van der Waals surface area (Å²) in [5.41, 5.74) is 9.76. The Balaban J connectivity index is 1.39. The lowest BCUT2D eigenvalue weighted by Gasteiger charge is -2.27. The third kappa shape index (κ3) is 5.05. The van der Waals surface area contributed by atoms with Gasteiger partial charge in [0.05, 0.1) is 19.9 Å². The predicted octanol–water partition coefficient (Wildman–Crippen LogP) is 1.97. The van der Waals surface area contributed by atoms with E-state index in [1.807, 2.05) is 4.68 Å². The van der Waals surface area contributed by atoms with Crippen molar-refractivity contribution in [2.75, 3.05) is 37.9 Å². The van der Waals surface area contributed by atoms with Crippen molar-refractivity contribution in [2.45, 2.75) is 63.8 Å². The molecule has 2 aliphatic rings. The van der Waals surface area contributed by atoms with Crippen molar-refractivity contribution in [3.05, 3.63) is 35.5 Å². The Morgan fingerprint density at radius 3 is 2.89 bits per heavy atom. The van der Waals surface area contributed by atoms with Crippen LogP contribution in [0.15, 0.2) is 24.4 Å². The summed E-state index contributed by atoms with van der Waals surface area (Å²) in [7, 11) is 1.71. The van der Waals surface area contributed by atoms with E-state index in [-0.39, 0.29) is 18.6 Å². The summed E-state index contributed by atoms with van der Waals surface area (Å²) < 4.78 is 7.67. The highest BCUT2D eigenvalue weighted by molar-refractivity contribution is 5.86. The number of hydrogen-bond acceptors (Lipinski definition) is 9. The van der Waals surface area contributed by atoms with Gasteiger partial charge in [-0.25, -0.2) is 4.98 Å². The summed E-state index contributed by atoms with van der Waals surface area (Å²) in [6.07, 6.45) is 5.53. The second-order valence-electron chi connectivity index (χ2n) is 9.68. The van der Waals surface area contributed by atoms with E-state index in [1.54, 1.807) is 13.3 Å². The Hall–Kier alpha value is -2.95. The number of methoxy groups -OCH3 is 1. The number of nitrogens with zero attached hydrogens (tertiary/aromatic N) is 5. The van der Waals surface area contributed by atoms with Gasteiger partial charge < -0.3 is 26.2 Å². The van der Waals surface area contributed by atoms with Crippen LogP contribution in [0.3, 0.4) is 0 Å². The molecule has 5 N–H and O–H groups in total. The van der Waals surface area contributed by atoms with Gasteiger partial charge in [0.2, 0.25) is 5.95 Å². The van der Waals surface area contributed by atoms with Gasteiger partial charge in [-0.1, -0.05) is 25.5 Å². The van der Waals surface area contributed by atoms with Crippen LogP contribution >= 0.6 is 0 Å². The molecule has 0 radical (unpaired) electrons. The molecule has 10 nitrogen and oxygen atoms in total. The van der Waals surface area contributed by atoms with Gasteiger partial charge in [-0.15, -0.1) is 0 Å². The number of piperazine rings is 1. The lowest BCUT2D eigenvalue weighted by Crippen LogP contribution is -2.42. The van der Waals surface area contributed by atoms with Crippen LogP contribution in [-0.4, -0.2) is 74.7 Å². The maximum Gasteiger partial charge on any atom is 0.222 e. The zero-order valence-corrected chi connectivity index (χ0v) is 20.6. The number of likely N-dealkylation sites (tertiary alicyclic amines) is 1. The number of hydrogen-bond donors (Lipinski definition) is 4. The minimum atomic E-state index is 0.0933. The predicted molar refractivity (Wildman–Crippen MR) is 136 cm³/mol. The zero-order chi connectivity index (χ0) is 24.4. The Morgan fingerprint density at radius 2 is 2.17 bits per heavy atom. The van der Waals surface area contributed by atoms with E-state index >= 15 is 0 Å². The van der Waals surface area contributed by atoms with Crippen molar-refractivity contribution < 1.29 is 9.84 Å². The fourth-order valence-corrected chi connectivity index (χ4v) is 5.48. The summed E-state index contributed by atoms with van der Waals surface area (Å²) in [4.78, 5) is 11.4. The molecule has 2 fully saturated rings. The highest BCUT2D eigenvalue weighted by Gasteiger charge is 2.37. The van der Waals surface area contributed by atoms with Crippen LogP contribution in [0.1, 0.15) is 43.7 Å². The number of ether oxygens (including phenoxy) is 1. The monoisotopic (exact) mass is 480 g/mol. The number of nitrogen functional groups attached to an aromatic ring is 1. The lowest BCUT2D eigenvalue weighted by atomic mass is 10.1. The van der Waals surface area contributed by atoms with Gasteiger partial charge in [0.15, 0.2) is 5.82 Å². The Bertz CT molecular complexity index is 1160. The minimum absolute atomic E-state index is 0.0933. The van der Waals surface area contributed by atoms with E-state index in [1.165, 1.54) is 12.0 Å². The molecule has 5 rings (SSSR count). The molecule has 2 saturated heterocycles. The summed E-state index contributed by atoms with van der Waals surface area (Å²) >= 11 is 0. The first-order chi connectivity index (χ1) is 17.1. The van der Waals surface area contributed by atoms with Gasteiger partial charge in [-0.3, -0.25) is 9.58 Å². The number of aliphatic hydroxyl groups is 1. The molecule has 10 heteroatoms. The number of nitrogens with one attached hydrogen (secondary N) is 2. The van der Waals surface area contributed by atoms with Crippen LogP contribution in [0, 0.1) is 0 Å². The number of anilines is 2. The smallest absolute Gasteiger partial charge is 0.222 e. The van der Waals surface area contributed by atoms with Crippen LogP contribution in [0.2, 0.25) is 0 Å². The van der Waals surface area contributed by atoms with Gasteiger partial charge in [-0.05, 0) is 30.9 Å². The largest absolute Gasteiger partial charge is 0.496 e. The number of benzene rings is 1. The first-order valence-electron chi connectivity index (χ1n) is 12.6. The standard InChI is InChI=1S/C25H36N8O2/c1-3-4-18(7-8-34)29-24-23-21(30-25(26)31-24)12-28-33(23)14-17-6-5-16(9-22(17)35-2)13-32-15-19-10-20(32)11-27-19/h5-6,9,12,18-20,27,34H,3-4,7-8,10-11,13-15H2,1-2H3,(H3,26,29,30,31)/t18-,19?,20?/m0/s1. The van der Waals surface area contributed by atoms with Crippen molar-refractivity contribution in [3.8, 4) is 5.75 Å². The average molecular weight is 481 g/mol. The molecule has 3 atom stereocenters. The first kappa shape index (κ1) is 23.8. The van der Waals surface area contributed by atoms with Crippen LogP contribution in [0.25, 0.3) is 11.0 Å². The van der Waals surface area contributed by atoms with E-state index in [0.717, 1.165) is 49.3 Å². The fraction of sp³-hybridized carbons (Fsp3) is 0.560. The van der Waals surface area contributed by atoms with Crippen molar-refractivity contribution >= 4 is 22.8 Å². The Labute approximate surface area is 205 Å². The number of nitrogens with two attached hydrogens (primary N) is 1. The average Bonchev–Trinajstić information content (AvgIpc) is 3.56. The number of aromatic nitrogens is 4. The van der Waals surface area contributed by atoms with Crippen molar-refractivity contribution in [1.82, 2.24) is 30.0 Å². The van der Waals surface area contributed by atoms with E-state index in [4.69, 9.17) is 10.5 Å². The van der Waals surface area contributed by atoms with Crippen molar-refractivity contribution in [2.24, 2.45) is 0 Å². The molecule has 0 spiro atoms. The normalized spacial score (nSPS) is 20.5. The molecule has 35 heavy (non-hydrogen) atoms. The maximum atomic E-state index is 9.48. The molecule has 0 aliphatic carbocycles. The molecule has 1 aromatic carbocycles. The third-order valence-electron chi connectivity index (χ3n) is 7.19. The quantitative estimate of drug-likeness (QED) is 0.326. The fourth-order valence-electron chi connectivity index (χ4n) is 5.48. The second kappa shape index (κ2) is 10.3. The van der Waals surface area contributed by atoms with Crippen LogP contribution in [0.5, 0.6) is 5.75 Å². The van der Waals surface area contributed by atoms with Gasteiger partial charge in [0.1, 0.15) is 16.8 Å². The molecule has 2 aromatic heterocycles. The molecule has 2 aliphatic heterocycles. The van der Waals surface area contributed by atoms with Gasteiger partial charge >= 0.3 is 0 Å². The SMILES string of the molecule is CCC[C@@H](CCO)Nc1nc(N)nc2cnn(Cc3ccc(CN4CC5CC4CN5)cc3OC)c12. The van der Waals surface area contributed by atoms with Crippen molar-refractivity contribution in [3.63, 3.8) is 0 Å². The Kier molecular flexibility index (Phi) is 7.03. The molecule has 0 amide bonds. The van der Waals surface area contributed by atoms with Gasteiger partial charge in [-0.2, -0.15) is 10.1 Å². The highest BCUT2D eigenvalue weighted by Crippen LogP contribution is 2.29. The summed E-state index contributed by atoms with van der Waals surface area (Å²) in [5.74, 6) is 1.69. The maximum absolute atomic E-state index is 9.48. The van der Waals surface area contributed by atoms with E-state index in [2.05, 4.69) is 55.7 Å². The topological polar surface area (TPSA) is 126 Å². The van der Waals surface area contributed by atoms with E-state index in [9.17, 15) is 5.11 Å². The molecule has 4 heterocycles. The molecule has 0 saturated carbocycles. The van der Waals surface area contributed by atoms with Crippen LogP contribution in [0.4, 0.5) is 11.8 Å². The summed E-state index contributed by atoms with van der Waals surface area (Å²) in [6.45, 7) is 5.90. The molecule has 2 unspecified atom stereocenters. The minimum Gasteiger partial charge on any atom is -0.496 e. The molecule has 3 aromatic rings. The number of fused-ring (bicyclic) bond motifs is 3. The first-order valence-corrected chi connectivity index (χ1v) is 12.6. The summed E-state index contributed by atoms with van der Waals surface area (Å²) in [6, 6.07) is 7.84. The molecular formula is C25H36N8O2. The van der Waals surface area contributed by atoms with Crippen LogP contribution < -0.4 is 21.1 Å². The molecule has 188 valence electrons. The Morgan fingerprint density at radius 1 is 1.29 bits per heavy atom. The van der Waals surface area contributed by atoms with Gasteiger partial charge in [0, 0.05) is 49.9 Å². The highest BCUT2D eigenvalue weighted by atomic mass is 16.5. The number of aliphatic hydroxyl groups excluding tert-OH is 1. The summed E-state index contributed by atoms with van der Waals surface area (Å²) in [5, 5.41) is 21.1. The van der Waals surface area contributed by atoms with E-state index < -0.39 is 0 Å². The van der Waals surface area contributed by atoms with Gasteiger partial charge in [0.25, 0.3) is 0 Å². The van der Waals surface area contributed by atoms with Crippen molar-refractivity contribution in [1.29, 1.82) is 0 Å². The number of rotatable bonds is 11. The lowest BCUT2D eigenvalue weighted by molar-refractivity contribution is 0.217. The zero-order valence-electron chi connectivity index (χ0n) is 20.6. The third-order valence-corrected chi connectivity index (χ3v) is 7.19. The molecule has 2 bridgehead atoms. The second-order valence-corrected chi connectivity index (χ2v) is 9.68.